The fourth-order valence-corrected chi connectivity index (χ4v) is 7.74. The molecular formula is C31H28NO3P. The molecule has 1 aliphatic rings. The third kappa shape index (κ3) is 4.46. The van der Waals surface area contributed by atoms with Crippen LogP contribution in [0.2, 0.25) is 0 Å². The van der Waals surface area contributed by atoms with Crippen molar-refractivity contribution in [2.75, 3.05) is 13.2 Å². The van der Waals surface area contributed by atoms with Gasteiger partial charge in [-0.2, -0.15) is 0 Å². The van der Waals surface area contributed by atoms with E-state index in [-0.39, 0.29) is 12.6 Å². The topological polar surface area (TPSA) is 46.6 Å². The van der Waals surface area contributed by atoms with Gasteiger partial charge in [0.2, 0.25) is 7.29 Å². The lowest BCUT2D eigenvalue weighted by Gasteiger charge is -2.35. The summed E-state index contributed by atoms with van der Waals surface area (Å²) in [6, 6.07) is 36.9. The number of hydrogen-bond acceptors (Lipinski definition) is 3. The minimum absolute atomic E-state index is 0.283. The van der Waals surface area contributed by atoms with Crippen LogP contribution in [0.3, 0.4) is 0 Å². The molecule has 0 amide bonds. The Labute approximate surface area is 212 Å². The molecule has 0 radical (unpaired) electrons. The summed E-state index contributed by atoms with van der Waals surface area (Å²) in [4.78, 5) is 13.1. The number of nitrogens with zero attached hydrogens (tertiary/aromatic N) is 1. The Balaban J connectivity index is 1.63. The van der Waals surface area contributed by atoms with Gasteiger partial charge in [0.25, 0.3) is 0 Å². The molecule has 4 aromatic rings. The number of rotatable bonds is 7. The zero-order valence-corrected chi connectivity index (χ0v) is 21.1. The van der Waals surface area contributed by atoms with Crippen LogP contribution in [0.4, 0.5) is 0 Å². The first-order chi connectivity index (χ1) is 17.6. The van der Waals surface area contributed by atoms with E-state index in [0.717, 1.165) is 27.3 Å². The molecule has 4 nitrogen and oxygen atoms in total. The molecule has 180 valence electrons. The van der Waals surface area contributed by atoms with E-state index in [1.807, 2.05) is 102 Å². The van der Waals surface area contributed by atoms with Crippen LogP contribution < -0.4 is 10.6 Å². The van der Waals surface area contributed by atoms with E-state index in [4.69, 9.17) is 4.74 Å². The first kappa shape index (κ1) is 24.0. The van der Waals surface area contributed by atoms with Crippen molar-refractivity contribution < 1.29 is 14.1 Å². The maximum atomic E-state index is 15.2. The second-order valence-corrected chi connectivity index (χ2v) is 11.3. The van der Waals surface area contributed by atoms with Gasteiger partial charge in [-0.25, -0.2) is 9.46 Å². The van der Waals surface area contributed by atoms with Crippen LogP contribution in [0.5, 0.6) is 0 Å². The van der Waals surface area contributed by atoms with E-state index in [9.17, 15) is 4.79 Å². The number of benzene rings is 4. The number of carbonyl (C=O) groups excluding carboxylic acids is 1. The summed E-state index contributed by atoms with van der Waals surface area (Å²) >= 11 is 0. The van der Waals surface area contributed by atoms with Crippen molar-refractivity contribution in [2.45, 2.75) is 13.0 Å². The Hall–Kier alpha value is -3.72. The Morgan fingerprint density at radius 3 is 1.81 bits per heavy atom. The summed E-state index contributed by atoms with van der Waals surface area (Å²) in [6.07, 6.45) is 1.87. The Bertz CT molecular complexity index is 1360. The molecule has 1 heterocycles. The molecule has 0 bridgehead atoms. The normalized spacial score (nSPS) is 15.9. The van der Waals surface area contributed by atoms with E-state index in [0.29, 0.717) is 12.1 Å². The van der Waals surface area contributed by atoms with E-state index in [1.165, 1.54) is 0 Å². The smallest absolute Gasteiger partial charge is 0.335 e. The first-order valence-electron chi connectivity index (χ1n) is 12.1. The predicted octanol–water partition coefficient (Wildman–Crippen LogP) is 6.13. The highest BCUT2D eigenvalue weighted by Crippen LogP contribution is 2.55. The summed E-state index contributed by atoms with van der Waals surface area (Å²) in [6.45, 7) is 2.46. The van der Waals surface area contributed by atoms with Gasteiger partial charge in [-0.3, -0.25) is 4.57 Å². The summed E-state index contributed by atoms with van der Waals surface area (Å²) in [5, 5.41) is 1.47. The fourth-order valence-electron chi connectivity index (χ4n) is 4.80. The molecule has 0 aromatic heterocycles. The van der Waals surface area contributed by atoms with Gasteiger partial charge in [-0.15, -0.1) is 0 Å². The highest BCUT2D eigenvalue weighted by molar-refractivity contribution is 7.76. The molecule has 0 fully saturated rings. The lowest BCUT2D eigenvalue weighted by atomic mass is 9.97. The van der Waals surface area contributed by atoms with Crippen molar-refractivity contribution in [1.29, 1.82) is 0 Å². The van der Waals surface area contributed by atoms with Crippen molar-refractivity contribution in [3.8, 4) is 11.1 Å². The van der Waals surface area contributed by atoms with Gasteiger partial charge in [-0.1, -0.05) is 97.1 Å². The summed E-state index contributed by atoms with van der Waals surface area (Å²) in [5.41, 5.74) is 3.63. The molecular weight excluding hydrogens is 465 g/mol. The van der Waals surface area contributed by atoms with Crippen molar-refractivity contribution in [1.82, 2.24) is 4.67 Å². The lowest BCUT2D eigenvalue weighted by Crippen LogP contribution is -2.34. The quantitative estimate of drug-likeness (QED) is 0.230. The largest absolute Gasteiger partial charge is 0.463 e. The molecule has 4 aromatic carbocycles. The fraction of sp³-hybridized carbons (Fsp3) is 0.129. The average molecular weight is 494 g/mol. The minimum Gasteiger partial charge on any atom is -0.463 e. The molecule has 1 atom stereocenters. The lowest BCUT2D eigenvalue weighted by molar-refractivity contribution is -0.138. The van der Waals surface area contributed by atoms with E-state index in [1.54, 1.807) is 6.92 Å². The molecule has 0 saturated heterocycles. The monoisotopic (exact) mass is 493 g/mol. The Kier molecular flexibility index (Phi) is 6.99. The number of hydrogen-bond donors (Lipinski definition) is 0. The molecule has 36 heavy (non-hydrogen) atoms. The van der Waals surface area contributed by atoms with Crippen LogP contribution in [-0.2, 0) is 14.1 Å². The Morgan fingerprint density at radius 2 is 1.28 bits per heavy atom. The van der Waals surface area contributed by atoms with Crippen LogP contribution >= 0.6 is 7.29 Å². The second-order valence-electron chi connectivity index (χ2n) is 8.64. The molecule has 0 N–H and O–H groups in total. The number of ether oxygens (including phenoxy) is 1. The zero-order chi connectivity index (χ0) is 25.0. The van der Waals surface area contributed by atoms with Crippen LogP contribution in [0, 0.1) is 0 Å². The summed E-state index contributed by atoms with van der Waals surface area (Å²) in [7, 11) is -3.29. The maximum Gasteiger partial charge on any atom is 0.335 e. The Morgan fingerprint density at radius 1 is 0.778 bits per heavy atom. The third-order valence-electron chi connectivity index (χ3n) is 6.51. The average Bonchev–Trinajstić information content (AvgIpc) is 3.40. The molecule has 1 unspecified atom stereocenters. The third-order valence-corrected chi connectivity index (χ3v) is 9.62. The SMILES string of the molecule is CCOC(=O)C1=CCN(P(=O)(c2ccccc2)c2ccccc2)C1c1ccc(-c2ccccc2)cc1. The highest BCUT2D eigenvalue weighted by atomic mass is 31.2. The highest BCUT2D eigenvalue weighted by Gasteiger charge is 2.45. The van der Waals surface area contributed by atoms with Gasteiger partial charge in [0.1, 0.15) is 0 Å². The number of carbonyl (C=O) groups is 1. The van der Waals surface area contributed by atoms with Gasteiger partial charge in [0.05, 0.1) is 18.2 Å². The van der Waals surface area contributed by atoms with E-state index < -0.39 is 13.3 Å². The maximum absolute atomic E-state index is 15.2. The van der Waals surface area contributed by atoms with Crippen LogP contribution in [0.15, 0.2) is 127 Å². The standard InChI is InChI=1S/C31H28NO3P/c1-2-35-31(33)29-22-23-32(30(29)26-20-18-25(19-21-26)24-12-6-3-7-13-24)36(34,27-14-8-4-9-15-27)28-16-10-5-11-17-28/h3-22,30H,2,23H2,1H3. The predicted molar refractivity (Wildman–Crippen MR) is 146 cm³/mol. The molecule has 0 spiro atoms. The molecule has 5 rings (SSSR count). The van der Waals surface area contributed by atoms with E-state index >= 15 is 4.57 Å². The minimum atomic E-state index is -3.29. The molecule has 5 heteroatoms. The van der Waals surface area contributed by atoms with Crippen molar-refractivity contribution in [3.63, 3.8) is 0 Å². The molecule has 0 saturated carbocycles. The van der Waals surface area contributed by atoms with Crippen molar-refractivity contribution >= 4 is 23.9 Å². The van der Waals surface area contributed by atoms with Crippen LogP contribution in [-0.4, -0.2) is 23.8 Å². The summed E-state index contributed by atoms with van der Waals surface area (Å²) < 4.78 is 22.6. The van der Waals surface area contributed by atoms with Crippen LogP contribution in [0.25, 0.3) is 11.1 Å². The van der Waals surface area contributed by atoms with Gasteiger partial charge in [-0.05, 0) is 47.9 Å². The van der Waals surface area contributed by atoms with Gasteiger partial charge >= 0.3 is 5.97 Å². The van der Waals surface area contributed by atoms with Crippen molar-refractivity contribution in [3.05, 3.63) is 132 Å². The molecule has 1 aliphatic heterocycles. The van der Waals surface area contributed by atoms with E-state index in [2.05, 4.69) is 24.3 Å². The van der Waals surface area contributed by atoms with Gasteiger partial charge in [0.15, 0.2) is 0 Å². The number of esters is 1. The second kappa shape index (κ2) is 10.5. The van der Waals surface area contributed by atoms with Crippen molar-refractivity contribution in [2.24, 2.45) is 0 Å². The first-order valence-corrected chi connectivity index (χ1v) is 13.8. The van der Waals surface area contributed by atoms with Gasteiger partial charge < -0.3 is 4.74 Å². The summed E-state index contributed by atoms with van der Waals surface area (Å²) in [5.74, 6) is -0.371. The zero-order valence-electron chi connectivity index (χ0n) is 20.2. The van der Waals surface area contributed by atoms with Gasteiger partial charge in [0, 0.05) is 17.2 Å². The van der Waals surface area contributed by atoms with Crippen LogP contribution in [0.1, 0.15) is 18.5 Å². The molecule has 0 aliphatic carbocycles.